The molecule has 3 unspecified atom stereocenters. The molecule has 2 N–H and O–H groups in total. The fourth-order valence-electron chi connectivity index (χ4n) is 3.50. The van der Waals surface area contributed by atoms with E-state index in [0.29, 0.717) is 11.2 Å². The zero-order valence-corrected chi connectivity index (χ0v) is 12.1. The van der Waals surface area contributed by atoms with Gasteiger partial charge in [0.05, 0.1) is 0 Å². The minimum Gasteiger partial charge on any atom is -0.326 e. The second kappa shape index (κ2) is 4.90. The smallest absolute Gasteiger partial charge is 0.0482 e. The highest BCUT2D eigenvalue weighted by Crippen LogP contribution is 2.43. The van der Waals surface area contributed by atoms with Gasteiger partial charge in [-0.1, -0.05) is 24.3 Å². The van der Waals surface area contributed by atoms with Crippen molar-refractivity contribution in [1.29, 1.82) is 0 Å². The first-order valence-corrected chi connectivity index (χ1v) is 8.15. The maximum absolute atomic E-state index is 6.62. The molecule has 2 nitrogen and oxygen atoms in total. The third kappa shape index (κ3) is 1.97. The fraction of sp³-hybridized carbons (Fsp3) is 0.353. The second-order valence-electron chi connectivity index (χ2n) is 5.74. The normalized spacial score (nSPS) is 25.2. The molecule has 3 atom stereocenters. The molecule has 0 radical (unpaired) electrons. The lowest BCUT2D eigenvalue weighted by molar-refractivity contribution is 0.503. The van der Waals surface area contributed by atoms with Crippen LogP contribution in [0.3, 0.4) is 0 Å². The van der Waals surface area contributed by atoms with E-state index in [2.05, 4.69) is 35.3 Å². The third-order valence-electron chi connectivity index (χ3n) is 4.57. The summed E-state index contributed by atoms with van der Waals surface area (Å²) in [6, 6.07) is 13.1. The zero-order valence-electron chi connectivity index (χ0n) is 11.3. The van der Waals surface area contributed by atoms with Gasteiger partial charge in [0.1, 0.15) is 0 Å². The van der Waals surface area contributed by atoms with Crippen molar-refractivity contribution in [1.82, 2.24) is 4.98 Å². The number of thioether (sulfide) groups is 1. The van der Waals surface area contributed by atoms with E-state index in [0.717, 1.165) is 19.3 Å². The molecule has 0 saturated heterocycles. The fourth-order valence-corrected chi connectivity index (χ4v) is 4.90. The van der Waals surface area contributed by atoms with Crippen molar-refractivity contribution in [3.05, 3.63) is 59.4 Å². The Balaban J connectivity index is 1.57. The van der Waals surface area contributed by atoms with Gasteiger partial charge < -0.3 is 5.73 Å². The number of benzene rings is 1. The minimum absolute atomic E-state index is 0.198. The molecule has 2 heterocycles. The molecule has 20 heavy (non-hydrogen) atoms. The van der Waals surface area contributed by atoms with Crippen molar-refractivity contribution >= 4 is 11.8 Å². The van der Waals surface area contributed by atoms with Crippen molar-refractivity contribution in [2.75, 3.05) is 0 Å². The molecule has 1 aromatic carbocycles. The second-order valence-corrected chi connectivity index (χ2v) is 7.02. The summed E-state index contributed by atoms with van der Waals surface area (Å²) in [4.78, 5) is 6.00. The number of aromatic nitrogens is 1. The van der Waals surface area contributed by atoms with E-state index in [-0.39, 0.29) is 6.04 Å². The Morgan fingerprint density at radius 2 is 2.00 bits per heavy atom. The Morgan fingerprint density at radius 1 is 1.15 bits per heavy atom. The minimum atomic E-state index is 0.198. The Bertz CT molecular complexity index is 615. The molecule has 0 fully saturated rings. The van der Waals surface area contributed by atoms with E-state index in [1.54, 1.807) is 0 Å². The summed E-state index contributed by atoms with van der Waals surface area (Å²) in [7, 11) is 0. The number of hydrogen-bond donors (Lipinski definition) is 1. The Kier molecular flexibility index (Phi) is 3.04. The standard InChI is InChI=1S/C17H18N2S/c18-16(13-8-7-11-5-3-9-19-17(11)13)15-10-12-4-1-2-6-14(12)20-15/h1-6,9,13,15-16H,7-8,10,18H2. The van der Waals surface area contributed by atoms with Crippen LogP contribution in [0, 0.1) is 0 Å². The van der Waals surface area contributed by atoms with Gasteiger partial charge in [-0.2, -0.15) is 0 Å². The maximum Gasteiger partial charge on any atom is 0.0482 e. The van der Waals surface area contributed by atoms with Crippen LogP contribution in [-0.2, 0) is 12.8 Å². The number of nitrogens with two attached hydrogens (primary N) is 1. The Labute approximate surface area is 123 Å². The lowest BCUT2D eigenvalue weighted by Gasteiger charge is -2.24. The van der Waals surface area contributed by atoms with Crippen molar-refractivity contribution in [3.63, 3.8) is 0 Å². The molecule has 1 aromatic heterocycles. The van der Waals surface area contributed by atoms with Crippen LogP contribution in [0.5, 0.6) is 0 Å². The lowest BCUT2D eigenvalue weighted by Crippen LogP contribution is -2.37. The van der Waals surface area contributed by atoms with Crippen LogP contribution < -0.4 is 5.73 Å². The zero-order chi connectivity index (χ0) is 13.5. The molecule has 0 saturated carbocycles. The summed E-state index contributed by atoms with van der Waals surface area (Å²) >= 11 is 1.95. The number of fused-ring (bicyclic) bond motifs is 2. The molecule has 2 aromatic rings. The van der Waals surface area contributed by atoms with Crippen molar-refractivity contribution in [3.8, 4) is 0 Å². The highest BCUT2D eigenvalue weighted by atomic mass is 32.2. The number of hydrogen-bond acceptors (Lipinski definition) is 3. The molecule has 0 spiro atoms. The van der Waals surface area contributed by atoms with Crippen LogP contribution in [0.25, 0.3) is 0 Å². The highest BCUT2D eigenvalue weighted by Gasteiger charge is 2.36. The number of rotatable bonds is 2. The van der Waals surface area contributed by atoms with Crippen molar-refractivity contribution in [2.24, 2.45) is 5.73 Å². The van der Waals surface area contributed by atoms with Crippen molar-refractivity contribution < 1.29 is 0 Å². The van der Waals surface area contributed by atoms with Gasteiger partial charge in [-0.05, 0) is 42.5 Å². The average molecular weight is 282 g/mol. The van der Waals surface area contributed by atoms with Gasteiger partial charge in [-0.25, -0.2) is 0 Å². The molecular formula is C17H18N2S. The first kappa shape index (κ1) is 12.4. The molecule has 0 amide bonds. The predicted molar refractivity (Wildman–Crippen MR) is 83.1 cm³/mol. The van der Waals surface area contributed by atoms with Gasteiger partial charge in [0, 0.05) is 34.0 Å². The predicted octanol–water partition coefficient (Wildman–Crippen LogP) is 3.16. The van der Waals surface area contributed by atoms with Gasteiger partial charge in [0.2, 0.25) is 0 Å². The third-order valence-corrected chi connectivity index (χ3v) is 6.00. The maximum atomic E-state index is 6.62. The van der Waals surface area contributed by atoms with Gasteiger partial charge in [0.15, 0.2) is 0 Å². The summed E-state index contributed by atoms with van der Waals surface area (Å²) in [5.41, 5.74) is 10.7. The summed E-state index contributed by atoms with van der Waals surface area (Å²) in [5, 5.41) is 0.491. The first-order valence-electron chi connectivity index (χ1n) is 7.27. The van der Waals surface area contributed by atoms with Crippen molar-refractivity contribution in [2.45, 2.75) is 41.4 Å². The molecule has 0 bridgehead atoms. The molecule has 102 valence electrons. The summed E-state index contributed by atoms with van der Waals surface area (Å²) in [6.45, 7) is 0. The highest BCUT2D eigenvalue weighted by molar-refractivity contribution is 8.00. The molecule has 1 aliphatic carbocycles. The number of nitrogens with zero attached hydrogens (tertiary/aromatic N) is 1. The monoisotopic (exact) mass is 282 g/mol. The van der Waals surface area contributed by atoms with Gasteiger partial charge in [-0.3, -0.25) is 4.98 Å². The van der Waals surface area contributed by atoms with E-state index in [4.69, 9.17) is 5.73 Å². The number of aryl methyl sites for hydroxylation is 1. The van der Waals surface area contributed by atoms with E-state index >= 15 is 0 Å². The Morgan fingerprint density at radius 3 is 2.90 bits per heavy atom. The van der Waals surface area contributed by atoms with Crippen LogP contribution in [0.2, 0.25) is 0 Å². The van der Waals surface area contributed by atoms with Gasteiger partial charge in [0.25, 0.3) is 0 Å². The molecule has 4 rings (SSSR count). The van der Waals surface area contributed by atoms with E-state index in [9.17, 15) is 0 Å². The van der Waals surface area contributed by atoms with E-state index < -0.39 is 0 Å². The van der Waals surface area contributed by atoms with Gasteiger partial charge in [-0.15, -0.1) is 11.8 Å². The molecule has 2 aliphatic rings. The van der Waals surface area contributed by atoms with Crippen LogP contribution in [0.15, 0.2) is 47.5 Å². The van der Waals surface area contributed by atoms with E-state index in [1.165, 1.54) is 21.7 Å². The summed E-state index contributed by atoms with van der Waals surface area (Å²) in [6.07, 6.45) is 5.29. The molecular weight excluding hydrogens is 264 g/mol. The number of pyridine rings is 1. The quantitative estimate of drug-likeness (QED) is 0.919. The topological polar surface area (TPSA) is 38.9 Å². The molecule has 3 heteroatoms. The average Bonchev–Trinajstić information content (AvgIpc) is 3.10. The summed E-state index contributed by atoms with van der Waals surface area (Å²) in [5.74, 6) is 0.429. The van der Waals surface area contributed by atoms with Crippen LogP contribution in [-0.4, -0.2) is 16.3 Å². The lowest BCUT2D eigenvalue weighted by atomic mass is 9.92. The SMILES string of the molecule is NC(C1Cc2ccccc2S1)C1CCc2cccnc21. The largest absolute Gasteiger partial charge is 0.326 e. The van der Waals surface area contributed by atoms with E-state index in [1.807, 2.05) is 24.0 Å². The first-order chi connectivity index (χ1) is 9.83. The Hall–Kier alpha value is -1.32. The van der Waals surface area contributed by atoms with Crippen LogP contribution in [0.1, 0.15) is 29.2 Å². The molecule has 1 aliphatic heterocycles. The van der Waals surface area contributed by atoms with Gasteiger partial charge >= 0.3 is 0 Å². The summed E-state index contributed by atoms with van der Waals surface area (Å²) < 4.78 is 0. The van der Waals surface area contributed by atoms with Crippen LogP contribution in [0.4, 0.5) is 0 Å². The van der Waals surface area contributed by atoms with Crippen LogP contribution >= 0.6 is 11.8 Å².